The average Bonchev–Trinajstić information content (AvgIpc) is 2.42. The number of carbonyl (C=O) groups excluding carboxylic acids is 1. The number of benzene rings is 1. The molecule has 21 heavy (non-hydrogen) atoms. The molecule has 0 unspecified atom stereocenters. The van der Waals surface area contributed by atoms with Crippen molar-refractivity contribution in [2.24, 2.45) is 11.8 Å². The molecule has 1 amide bonds. The van der Waals surface area contributed by atoms with E-state index in [0.29, 0.717) is 12.5 Å². The van der Waals surface area contributed by atoms with Crippen molar-refractivity contribution in [3.8, 4) is 0 Å². The summed E-state index contributed by atoms with van der Waals surface area (Å²) in [5.41, 5.74) is 3.62. The molecule has 0 aromatic heterocycles. The summed E-state index contributed by atoms with van der Waals surface area (Å²) in [4.78, 5) is 12.2. The van der Waals surface area contributed by atoms with E-state index >= 15 is 0 Å². The zero-order valence-electron chi connectivity index (χ0n) is 13.9. The molecule has 1 fully saturated rings. The maximum atomic E-state index is 12.2. The third-order valence-electron chi connectivity index (χ3n) is 4.93. The standard InChI is InChI=1S/C19H29NO/c1-13(2)16-7-9-18(10-8-16)20-19(21)12-17-6-5-14(3)11-15(17)4/h5-6,11,13,16,18H,7-10,12H2,1-4H3,(H,20,21). The van der Waals surface area contributed by atoms with Gasteiger partial charge in [-0.05, 0) is 62.5 Å². The SMILES string of the molecule is Cc1ccc(CC(=O)NC2CCC(C(C)C)CC2)c(C)c1. The summed E-state index contributed by atoms with van der Waals surface area (Å²) < 4.78 is 0. The van der Waals surface area contributed by atoms with Crippen molar-refractivity contribution >= 4 is 5.91 Å². The molecule has 0 atom stereocenters. The van der Waals surface area contributed by atoms with Crippen LogP contribution in [0.4, 0.5) is 0 Å². The van der Waals surface area contributed by atoms with Gasteiger partial charge in [0.2, 0.25) is 5.91 Å². The van der Waals surface area contributed by atoms with E-state index in [1.54, 1.807) is 0 Å². The van der Waals surface area contributed by atoms with Crippen molar-refractivity contribution in [3.05, 3.63) is 34.9 Å². The minimum atomic E-state index is 0.176. The van der Waals surface area contributed by atoms with E-state index in [4.69, 9.17) is 0 Å². The van der Waals surface area contributed by atoms with Crippen molar-refractivity contribution in [2.75, 3.05) is 0 Å². The lowest BCUT2D eigenvalue weighted by Crippen LogP contribution is -2.39. The molecule has 0 bridgehead atoms. The summed E-state index contributed by atoms with van der Waals surface area (Å²) in [5.74, 6) is 1.80. The molecule has 2 heteroatoms. The fourth-order valence-electron chi connectivity index (χ4n) is 3.43. The highest BCUT2D eigenvalue weighted by Gasteiger charge is 2.24. The molecule has 1 aliphatic rings. The van der Waals surface area contributed by atoms with Crippen molar-refractivity contribution in [1.82, 2.24) is 5.32 Å². The lowest BCUT2D eigenvalue weighted by Gasteiger charge is -2.31. The van der Waals surface area contributed by atoms with Gasteiger partial charge in [-0.1, -0.05) is 37.6 Å². The second kappa shape index (κ2) is 7.11. The molecular weight excluding hydrogens is 258 g/mol. The van der Waals surface area contributed by atoms with Gasteiger partial charge in [0.25, 0.3) is 0 Å². The molecule has 1 aromatic carbocycles. The molecular formula is C19H29NO. The van der Waals surface area contributed by atoms with Crippen LogP contribution in [0.1, 0.15) is 56.2 Å². The van der Waals surface area contributed by atoms with E-state index in [-0.39, 0.29) is 5.91 Å². The topological polar surface area (TPSA) is 29.1 Å². The van der Waals surface area contributed by atoms with E-state index in [9.17, 15) is 4.79 Å². The van der Waals surface area contributed by atoms with Crippen molar-refractivity contribution in [1.29, 1.82) is 0 Å². The molecule has 116 valence electrons. The van der Waals surface area contributed by atoms with Gasteiger partial charge in [0, 0.05) is 6.04 Å². The third-order valence-corrected chi connectivity index (χ3v) is 4.93. The third kappa shape index (κ3) is 4.59. The van der Waals surface area contributed by atoms with Crippen LogP contribution < -0.4 is 5.32 Å². The molecule has 0 spiro atoms. The van der Waals surface area contributed by atoms with Gasteiger partial charge in [0.15, 0.2) is 0 Å². The van der Waals surface area contributed by atoms with Gasteiger partial charge in [0.1, 0.15) is 0 Å². The number of carbonyl (C=O) groups is 1. The van der Waals surface area contributed by atoms with Gasteiger partial charge >= 0.3 is 0 Å². The maximum Gasteiger partial charge on any atom is 0.224 e. The molecule has 0 radical (unpaired) electrons. The second-order valence-electron chi connectivity index (χ2n) is 7.03. The largest absolute Gasteiger partial charge is 0.353 e. The minimum absolute atomic E-state index is 0.176. The fourth-order valence-corrected chi connectivity index (χ4v) is 3.43. The Hall–Kier alpha value is -1.31. The average molecular weight is 287 g/mol. The lowest BCUT2D eigenvalue weighted by molar-refractivity contribution is -0.121. The molecule has 1 aromatic rings. The number of nitrogens with one attached hydrogen (secondary N) is 1. The van der Waals surface area contributed by atoms with Gasteiger partial charge in [-0.15, -0.1) is 0 Å². The summed E-state index contributed by atoms with van der Waals surface area (Å²) in [6.45, 7) is 8.79. The molecule has 2 nitrogen and oxygen atoms in total. The van der Waals surface area contributed by atoms with Crippen LogP contribution in [-0.2, 0) is 11.2 Å². The Morgan fingerprint density at radius 1 is 1.19 bits per heavy atom. The van der Waals surface area contributed by atoms with Gasteiger partial charge in [-0.2, -0.15) is 0 Å². The second-order valence-corrected chi connectivity index (χ2v) is 7.03. The van der Waals surface area contributed by atoms with Crippen LogP contribution >= 0.6 is 0 Å². The zero-order valence-corrected chi connectivity index (χ0v) is 13.9. The predicted molar refractivity (Wildman–Crippen MR) is 88.3 cm³/mol. The first-order valence-electron chi connectivity index (χ1n) is 8.31. The Morgan fingerprint density at radius 3 is 2.43 bits per heavy atom. The molecule has 0 heterocycles. The van der Waals surface area contributed by atoms with Crippen LogP contribution in [0.2, 0.25) is 0 Å². The zero-order chi connectivity index (χ0) is 15.4. The van der Waals surface area contributed by atoms with E-state index in [1.165, 1.54) is 24.0 Å². The lowest BCUT2D eigenvalue weighted by atomic mass is 9.79. The Kier molecular flexibility index (Phi) is 5.44. The maximum absolute atomic E-state index is 12.2. The quantitative estimate of drug-likeness (QED) is 0.884. The highest BCUT2D eigenvalue weighted by atomic mass is 16.1. The first kappa shape index (κ1) is 16.1. The summed E-state index contributed by atoms with van der Waals surface area (Å²) in [6.07, 6.45) is 5.30. The molecule has 1 saturated carbocycles. The monoisotopic (exact) mass is 287 g/mol. The van der Waals surface area contributed by atoms with Crippen molar-refractivity contribution < 1.29 is 4.79 Å². The van der Waals surface area contributed by atoms with Crippen molar-refractivity contribution in [3.63, 3.8) is 0 Å². The normalized spacial score (nSPS) is 22.3. The van der Waals surface area contributed by atoms with E-state index in [1.807, 2.05) is 0 Å². The highest BCUT2D eigenvalue weighted by Crippen LogP contribution is 2.29. The van der Waals surface area contributed by atoms with Crippen LogP contribution in [0.15, 0.2) is 18.2 Å². The number of aryl methyl sites for hydroxylation is 2. The Labute approximate surface area is 129 Å². The van der Waals surface area contributed by atoms with Crippen LogP contribution in [0, 0.1) is 25.7 Å². The van der Waals surface area contributed by atoms with Crippen molar-refractivity contribution in [2.45, 2.75) is 65.8 Å². The van der Waals surface area contributed by atoms with Crippen LogP contribution in [0.5, 0.6) is 0 Å². The molecule has 0 saturated heterocycles. The van der Waals surface area contributed by atoms with E-state index in [0.717, 1.165) is 30.2 Å². The summed E-state index contributed by atoms with van der Waals surface area (Å²) in [6, 6.07) is 6.71. The van der Waals surface area contributed by atoms with E-state index < -0.39 is 0 Å². The summed E-state index contributed by atoms with van der Waals surface area (Å²) >= 11 is 0. The molecule has 0 aliphatic heterocycles. The summed E-state index contributed by atoms with van der Waals surface area (Å²) in [5, 5.41) is 3.23. The van der Waals surface area contributed by atoms with Crippen LogP contribution in [0.25, 0.3) is 0 Å². The van der Waals surface area contributed by atoms with E-state index in [2.05, 4.69) is 51.2 Å². The smallest absolute Gasteiger partial charge is 0.224 e. The predicted octanol–water partition coefficient (Wildman–Crippen LogP) is 4.18. The van der Waals surface area contributed by atoms with Gasteiger partial charge in [-0.3, -0.25) is 4.79 Å². The Bertz CT molecular complexity index is 484. The molecule has 2 rings (SSSR count). The Morgan fingerprint density at radius 2 is 1.86 bits per heavy atom. The first-order valence-corrected chi connectivity index (χ1v) is 8.31. The first-order chi connectivity index (χ1) is 9.95. The molecule has 1 aliphatic carbocycles. The number of rotatable bonds is 4. The van der Waals surface area contributed by atoms with Crippen LogP contribution in [0.3, 0.4) is 0 Å². The Balaban J connectivity index is 1.83. The fraction of sp³-hybridized carbons (Fsp3) is 0.632. The van der Waals surface area contributed by atoms with Crippen LogP contribution in [-0.4, -0.2) is 11.9 Å². The molecule has 1 N–H and O–H groups in total. The number of hydrogen-bond donors (Lipinski definition) is 1. The van der Waals surface area contributed by atoms with Gasteiger partial charge in [-0.25, -0.2) is 0 Å². The number of amides is 1. The van der Waals surface area contributed by atoms with Gasteiger partial charge < -0.3 is 5.32 Å². The highest BCUT2D eigenvalue weighted by molar-refractivity contribution is 5.79. The minimum Gasteiger partial charge on any atom is -0.353 e. The number of hydrogen-bond acceptors (Lipinski definition) is 1. The summed E-state index contributed by atoms with van der Waals surface area (Å²) in [7, 11) is 0. The van der Waals surface area contributed by atoms with Gasteiger partial charge in [0.05, 0.1) is 6.42 Å².